The normalized spacial score (nSPS) is 13.6. The summed E-state index contributed by atoms with van der Waals surface area (Å²) in [7, 11) is -3.83. The lowest BCUT2D eigenvalue weighted by Crippen LogP contribution is -2.34. The quantitative estimate of drug-likeness (QED) is 0.599. The summed E-state index contributed by atoms with van der Waals surface area (Å²) in [4.78, 5) is 24.2. The molecule has 2 aromatic carbocycles. The van der Waals surface area contributed by atoms with Gasteiger partial charge in [0.15, 0.2) is 9.84 Å². The number of fused-ring (bicyclic) bond motifs is 1. The van der Waals surface area contributed by atoms with Crippen LogP contribution in [0.4, 0.5) is 11.4 Å². The van der Waals surface area contributed by atoms with Gasteiger partial charge in [0, 0.05) is 23.7 Å². The molecule has 2 aromatic rings. The molecule has 1 aliphatic heterocycles. The van der Waals surface area contributed by atoms with E-state index >= 15 is 0 Å². The first-order valence-electron chi connectivity index (χ1n) is 7.34. The number of rotatable bonds is 4. The zero-order chi connectivity index (χ0) is 18.2. The van der Waals surface area contributed by atoms with E-state index in [0.29, 0.717) is 23.7 Å². The molecule has 0 aliphatic carbocycles. The second kappa shape index (κ2) is 6.45. The highest BCUT2D eigenvalue weighted by molar-refractivity contribution is 7.92. The van der Waals surface area contributed by atoms with Crippen molar-refractivity contribution < 1.29 is 18.1 Å². The molecule has 7 nitrogen and oxygen atoms in total. The molecule has 3 rings (SSSR count). The van der Waals surface area contributed by atoms with Crippen LogP contribution in [0, 0.1) is 10.1 Å². The van der Waals surface area contributed by atoms with Gasteiger partial charge in [-0.25, -0.2) is 8.42 Å². The lowest BCUT2D eigenvalue weighted by Gasteiger charge is -2.17. The number of hydrogen-bond donors (Lipinski definition) is 0. The van der Waals surface area contributed by atoms with Gasteiger partial charge in [-0.15, -0.1) is 0 Å². The van der Waals surface area contributed by atoms with Crippen LogP contribution in [-0.4, -0.2) is 31.5 Å². The van der Waals surface area contributed by atoms with E-state index in [2.05, 4.69) is 0 Å². The standard InChI is InChI=1S/C16H13ClN2O5S/c17-12-2-5-14(6-3-12)25(23,24)10-16(20)18-8-7-11-1-4-13(19(21)22)9-15(11)18/h1-6,9H,7-8,10H2. The molecule has 9 heteroatoms. The minimum absolute atomic E-state index is 0.00344. The van der Waals surface area contributed by atoms with Crippen LogP contribution in [0.2, 0.25) is 5.02 Å². The number of nitrogens with zero attached hydrogens (tertiary/aromatic N) is 2. The molecule has 1 heterocycles. The number of non-ortho nitro benzene ring substituents is 1. The topological polar surface area (TPSA) is 97.6 Å². The van der Waals surface area contributed by atoms with Crippen LogP contribution in [0.3, 0.4) is 0 Å². The van der Waals surface area contributed by atoms with Crippen LogP contribution < -0.4 is 4.90 Å². The molecular weight excluding hydrogens is 368 g/mol. The Kier molecular flexibility index (Phi) is 4.49. The van der Waals surface area contributed by atoms with Crippen molar-refractivity contribution in [3.63, 3.8) is 0 Å². The number of carbonyl (C=O) groups is 1. The Labute approximate surface area is 148 Å². The zero-order valence-electron chi connectivity index (χ0n) is 12.9. The maximum Gasteiger partial charge on any atom is 0.271 e. The number of sulfone groups is 1. The van der Waals surface area contributed by atoms with E-state index in [1.165, 1.54) is 41.3 Å². The third kappa shape index (κ3) is 3.49. The van der Waals surface area contributed by atoms with Gasteiger partial charge < -0.3 is 4.90 Å². The predicted molar refractivity (Wildman–Crippen MR) is 92.7 cm³/mol. The molecular formula is C16H13ClN2O5S. The molecule has 0 saturated heterocycles. The fourth-order valence-corrected chi connectivity index (χ4v) is 4.03. The van der Waals surface area contributed by atoms with Gasteiger partial charge in [0.25, 0.3) is 5.69 Å². The van der Waals surface area contributed by atoms with Crippen molar-refractivity contribution in [2.24, 2.45) is 0 Å². The lowest BCUT2D eigenvalue weighted by atomic mass is 10.1. The maximum atomic E-state index is 12.5. The van der Waals surface area contributed by atoms with E-state index < -0.39 is 26.4 Å². The minimum atomic E-state index is -3.83. The average molecular weight is 381 g/mol. The highest BCUT2D eigenvalue weighted by Gasteiger charge is 2.30. The summed E-state index contributed by atoms with van der Waals surface area (Å²) < 4.78 is 24.8. The summed E-state index contributed by atoms with van der Waals surface area (Å²) in [6, 6.07) is 9.82. The van der Waals surface area contributed by atoms with Crippen molar-refractivity contribution >= 4 is 38.7 Å². The molecule has 0 unspecified atom stereocenters. The fourth-order valence-electron chi connectivity index (χ4n) is 2.71. The molecule has 0 N–H and O–H groups in total. The summed E-state index contributed by atoms with van der Waals surface area (Å²) in [6.45, 7) is 0.297. The molecule has 0 spiro atoms. The van der Waals surface area contributed by atoms with E-state index in [1.54, 1.807) is 6.07 Å². The third-order valence-corrected chi connectivity index (χ3v) is 5.83. The van der Waals surface area contributed by atoms with Crippen LogP contribution in [-0.2, 0) is 21.1 Å². The van der Waals surface area contributed by atoms with Crippen LogP contribution >= 0.6 is 11.6 Å². The summed E-state index contributed by atoms with van der Waals surface area (Å²) in [5.41, 5.74) is 1.03. The molecule has 0 atom stereocenters. The first-order valence-corrected chi connectivity index (χ1v) is 9.37. The Morgan fingerprint density at radius 1 is 1.20 bits per heavy atom. The first kappa shape index (κ1) is 17.4. The van der Waals surface area contributed by atoms with Crippen molar-refractivity contribution in [2.75, 3.05) is 17.2 Å². The highest BCUT2D eigenvalue weighted by Crippen LogP contribution is 2.32. The summed E-state index contributed by atoms with van der Waals surface area (Å²) in [5, 5.41) is 11.3. The molecule has 0 aromatic heterocycles. The third-order valence-electron chi connectivity index (χ3n) is 3.96. The molecule has 0 bridgehead atoms. The average Bonchev–Trinajstić information content (AvgIpc) is 2.98. The summed E-state index contributed by atoms with van der Waals surface area (Å²) in [5.74, 6) is -1.33. The Morgan fingerprint density at radius 3 is 2.52 bits per heavy atom. The zero-order valence-corrected chi connectivity index (χ0v) is 14.5. The monoisotopic (exact) mass is 380 g/mol. The van der Waals surface area contributed by atoms with Gasteiger partial charge in [-0.05, 0) is 36.2 Å². The van der Waals surface area contributed by atoms with E-state index in [1.807, 2.05) is 0 Å². The van der Waals surface area contributed by atoms with Crippen molar-refractivity contribution in [3.8, 4) is 0 Å². The van der Waals surface area contributed by atoms with Crippen LogP contribution in [0.5, 0.6) is 0 Å². The Hall–Kier alpha value is -2.45. The molecule has 1 amide bonds. The van der Waals surface area contributed by atoms with Crippen LogP contribution in [0.25, 0.3) is 0 Å². The predicted octanol–water partition coefficient (Wildman–Crippen LogP) is 2.61. The van der Waals surface area contributed by atoms with Crippen molar-refractivity contribution in [3.05, 3.63) is 63.2 Å². The van der Waals surface area contributed by atoms with Gasteiger partial charge in [-0.2, -0.15) is 0 Å². The smallest absolute Gasteiger partial charge is 0.271 e. The molecule has 0 saturated carbocycles. The number of anilines is 1. The number of nitro benzene ring substituents is 1. The molecule has 1 aliphatic rings. The summed E-state index contributed by atoms with van der Waals surface area (Å²) in [6.07, 6.45) is 0.528. The number of nitro groups is 1. The summed E-state index contributed by atoms with van der Waals surface area (Å²) >= 11 is 5.74. The SMILES string of the molecule is O=C(CS(=O)(=O)c1ccc(Cl)cc1)N1CCc2ccc([N+](=O)[O-])cc21. The highest BCUT2D eigenvalue weighted by atomic mass is 35.5. The Morgan fingerprint density at radius 2 is 1.88 bits per heavy atom. The lowest BCUT2D eigenvalue weighted by molar-refractivity contribution is -0.384. The number of hydrogen-bond acceptors (Lipinski definition) is 5. The van der Waals surface area contributed by atoms with Crippen molar-refractivity contribution in [1.29, 1.82) is 0 Å². The second-order valence-corrected chi connectivity index (χ2v) is 8.00. The van der Waals surface area contributed by atoms with Gasteiger partial charge in [0.05, 0.1) is 15.5 Å². The van der Waals surface area contributed by atoms with Gasteiger partial charge >= 0.3 is 0 Å². The number of carbonyl (C=O) groups excluding carboxylic acids is 1. The minimum Gasteiger partial charge on any atom is -0.311 e. The van der Waals surface area contributed by atoms with Crippen LogP contribution in [0.15, 0.2) is 47.4 Å². The largest absolute Gasteiger partial charge is 0.311 e. The molecule has 25 heavy (non-hydrogen) atoms. The Bertz CT molecular complexity index is 957. The molecule has 0 fully saturated rings. The van der Waals surface area contributed by atoms with E-state index in [-0.39, 0.29) is 10.6 Å². The number of benzene rings is 2. The van der Waals surface area contributed by atoms with Gasteiger partial charge in [-0.1, -0.05) is 17.7 Å². The number of halogens is 1. The van der Waals surface area contributed by atoms with Crippen LogP contribution in [0.1, 0.15) is 5.56 Å². The molecule has 0 radical (unpaired) electrons. The van der Waals surface area contributed by atoms with Gasteiger partial charge in [0.2, 0.25) is 5.91 Å². The molecule has 130 valence electrons. The van der Waals surface area contributed by atoms with Gasteiger partial charge in [-0.3, -0.25) is 14.9 Å². The van der Waals surface area contributed by atoms with E-state index in [9.17, 15) is 23.3 Å². The van der Waals surface area contributed by atoms with E-state index in [0.717, 1.165) is 5.56 Å². The Balaban J connectivity index is 1.85. The second-order valence-electron chi connectivity index (χ2n) is 5.58. The van der Waals surface area contributed by atoms with E-state index in [4.69, 9.17) is 11.6 Å². The van der Waals surface area contributed by atoms with Gasteiger partial charge in [0.1, 0.15) is 5.75 Å². The fraction of sp³-hybridized carbons (Fsp3) is 0.188. The number of amides is 1. The maximum absolute atomic E-state index is 12.5. The van der Waals surface area contributed by atoms with Crippen molar-refractivity contribution in [1.82, 2.24) is 0 Å². The first-order chi connectivity index (χ1) is 11.8. The van der Waals surface area contributed by atoms with Crippen molar-refractivity contribution in [2.45, 2.75) is 11.3 Å².